The lowest BCUT2D eigenvalue weighted by molar-refractivity contribution is 0.0857. The highest BCUT2D eigenvalue weighted by Crippen LogP contribution is 2.26. The van der Waals surface area contributed by atoms with Crippen molar-refractivity contribution in [2.45, 2.75) is 71.5 Å². The van der Waals surface area contributed by atoms with Crippen molar-refractivity contribution >= 4 is 11.3 Å². The van der Waals surface area contributed by atoms with Crippen molar-refractivity contribution in [1.82, 2.24) is 15.2 Å². The monoisotopic (exact) mass is 295 g/mol. The van der Waals surface area contributed by atoms with E-state index < -0.39 is 0 Å². The average Bonchev–Trinajstić information content (AvgIpc) is 2.76. The molecule has 1 fully saturated rings. The smallest absolute Gasteiger partial charge is 0.107 e. The number of rotatable bonds is 3. The van der Waals surface area contributed by atoms with Gasteiger partial charge in [0.1, 0.15) is 5.01 Å². The number of hydrogen-bond donors (Lipinski definition) is 1. The molecule has 1 saturated heterocycles. The molecule has 114 valence electrons. The van der Waals surface area contributed by atoms with Crippen molar-refractivity contribution < 1.29 is 0 Å². The first-order valence-electron chi connectivity index (χ1n) is 7.65. The van der Waals surface area contributed by atoms with E-state index in [9.17, 15) is 0 Å². The number of hydrogen-bond acceptors (Lipinski definition) is 4. The van der Waals surface area contributed by atoms with Gasteiger partial charge in [0, 0.05) is 35.5 Å². The summed E-state index contributed by atoms with van der Waals surface area (Å²) in [5.74, 6) is 0. The molecule has 1 atom stereocenters. The molecule has 1 unspecified atom stereocenters. The van der Waals surface area contributed by atoms with Crippen LogP contribution in [0.15, 0.2) is 5.38 Å². The first kappa shape index (κ1) is 15.9. The van der Waals surface area contributed by atoms with Gasteiger partial charge >= 0.3 is 0 Å². The fourth-order valence-corrected chi connectivity index (χ4v) is 3.75. The Bertz CT molecular complexity index is 445. The van der Waals surface area contributed by atoms with Gasteiger partial charge in [-0.25, -0.2) is 4.98 Å². The molecule has 3 nitrogen and oxygen atoms in total. The van der Waals surface area contributed by atoms with E-state index in [0.717, 1.165) is 19.6 Å². The summed E-state index contributed by atoms with van der Waals surface area (Å²) in [7, 11) is 0. The maximum Gasteiger partial charge on any atom is 0.107 e. The van der Waals surface area contributed by atoms with Crippen molar-refractivity contribution in [1.29, 1.82) is 0 Å². The fraction of sp³-hybridized carbons (Fsp3) is 0.812. The van der Waals surface area contributed by atoms with Gasteiger partial charge in [-0.05, 0) is 20.3 Å². The van der Waals surface area contributed by atoms with Crippen molar-refractivity contribution in [2.24, 2.45) is 0 Å². The van der Waals surface area contributed by atoms with Crippen LogP contribution in [0, 0.1) is 0 Å². The van der Waals surface area contributed by atoms with E-state index in [2.05, 4.69) is 57.1 Å². The summed E-state index contributed by atoms with van der Waals surface area (Å²) >= 11 is 1.81. The van der Waals surface area contributed by atoms with E-state index >= 15 is 0 Å². The summed E-state index contributed by atoms with van der Waals surface area (Å²) in [6, 6.07) is 0.630. The summed E-state index contributed by atoms with van der Waals surface area (Å²) in [5.41, 5.74) is 1.58. The minimum atomic E-state index is 0.154. The van der Waals surface area contributed by atoms with Gasteiger partial charge in [-0.15, -0.1) is 11.3 Å². The molecule has 0 saturated carbocycles. The minimum absolute atomic E-state index is 0.154. The molecule has 0 amide bonds. The van der Waals surface area contributed by atoms with Crippen LogP contribution in [0.3, 0.4) is 0 Å². The van der Waals surface area contributed by atoms with Crippen LogP contribution in [-0.2, 0) is 12.0 Å². The Hall–Kier alpha value is -0.450. The second-order valence-electron chi connectivity index (χ2n) is 7.61. The maximum atomic E-state index is 4.85. The third-order valence-electron chi connectivity index (χ3n) is 4.06. The van der Waals surface area contributed by atoms with E-state index in [-0.39, 0.29) is 11.0 Å². The molecule has 2 rings (SSSR count). The summed E-state index contributed by atoms with van der Waals surface area (Å²) < 4.78 is 0. The van der Waals surface area contributed by atoms with Gasteiger partial charge in [0.05, 0.1) is 12.2 Å². The number of nitrogens with zero attached hydrogens (tertiary/aromatic N) is 2. The zero-order valence-corrected chi connectivity index (χ0v) is 14.6. The van der Waals surface area contributed by atoms with Crippen molar-refractivity contribution in [2.75, 3.05) is 13.1 Å². The Kier molecular flexibility index (Phi) is 4.57. The molecular formula is C16H29N3S. The van der Waals surface area contributed by atoms with Gasteiger partial charge in [0.15, 0.2) is 0 Å². The normalized spacial score (nSPS) is 24.0. The lowest BCUT2D eigenvalue weighted by Gasteiger charge is -2.44. The number of piperazine rings is 1. The summed E-state index contributed by atoms with van der Waals surface area (Å²) in [4.78, 5) is 7.45. The van der Waals surface area contributed by atoms with Crippen molar-refractivity contribution in [3.63, 3.8) is 0 Å². The molecule has 1 aromatic heterocycles. The largest absolute Gasteiger partial charge is 0.309 e. The van der Waals surface area contributed by atoms with Gasteiger partial charge in [-0.2, -0.15) is 0 Å². The molecule has 1 aromatic rings. The van der Waals surface area contributed by atoms with Crippen molar-refractivity contribution in [3.05, 3.63) is 16.1 Å². The Morgan fingerprint density at radius 1 is 1.45 bits per heavy atom. The van der Waals surface area contributed by atoms with Crippen LogP contribution in [0.5, 0.6) is 0 Å². The van der Waals surface area contributed by atoms with E-state index in [1.807, 2.05) is 11.3 Å². The van der Waals surface area contributed by atoms with Crippen LogP contribution in [0.2, 0.25) is 0 Å². The molecule has 1 aliphatic heterocycles. The predicted molar refractivity (Wildman–Crippen MR) is 87.4 cm³/mol. The highest BCUT2D eigenvalue weighted by atomic mass is 32.1. The van der Waals surface area contributed by atoms with Gasteiger partial charge in [0.25, 0.3) is 0 Å². The van der Waals surface area contributed by atoms with Crippen LogP contribution < -0.4 is 5.32 Å². The quantitative estimate of drug-likeness (QED) is 0.926. The van der Waals surface area contributed by atoms with Gasteiger partial charge < -0.3 is 5.32 Å². The molecule has 0 radical (unpaired) electrons. The highest BCUT2D eigenvalue weighted by Gasteiger charge is 2.32. The zero-order valence-electron chi connectivity index (χ0n) is 13.8. The van der Waals surface area contributed by atoms with Gasteiger partial charge in [-0.3, -0.25) is 4.90 Å². The Morgan fingerprint density at radius 3 is 2.70 bits per heavy atom. The molecule has 20 heavy (non-hydrogen) atoms. The number of thiazole rings is 1. The summed E-state index contributed by atoms with van der Waals surface area (Å²) in [6.07, 6.45) is 1.20. The zero-order chi connectivity index (χ0) is 15.0. The third kappa shape index (κ3) is 3.80. The molecule has 0 aliphatic carbocycles. The van der Waals surface area contributed by atoms with E-state index in [0.29, 0.717) is 6.04 Å². The molecular weight excluding hydrogens is 266 g/mol. The Morgan fingerprint density at radius 2 is 2.15 bits per heavy atom. The second kappa shape index (κ2) is 5.74. The van der Waals surface area contributed by atoms with Crippen molar-refractivity contribution in [3.8, 4) is 0 Å². The van der Waals surface area contributed by atoms with E-state index in [4.69, 9.17) is 4.98 Å². The standard InChI is InChI=1S/C16H29N3S/c1-7-12-8-17-16(5,6)11-19(12)9-14-18-13(10-20-14)15(2,3)4/h10,12,17H,7-9,11H2,1-6H3. The topological polar surface area (TPSA) is 28.2 Å². The molecule has 0 bridgehead atoms. The molecule has 4 heteroatoms. The van der Waals surface area contributed by atoms with Crippen LogP contribution in [0.1, 0.15) is 58.7 Å². The fourth-order valence-electron chi connectivity index (χ4n) is 2.71. The second-order valence-corrected chi connectivity index (χ2v) is 8.55. The highest BCUT2D eigenvalue weighted by molar-refractivity contribution is 7.09. The van der Waals surface area contributed by atoms with Crippen LogP contribution in [0.25, 0.3) is 0 Å². The molecule has 2 heterocycles. The Labute approximate surface area is 127 Å². The lowest BCUT2D eigenvalue weighted by Crippen LogP contribution is -2.60. The third-order valence-corrected chi connectivity index (χ3v) is 4.89. The number of aromatic nitrogens is 1. The summed E-state index contributed by atoms with van der Waals surface area (Å²) in [6.45, 7) is 16.7. The molecule has 0 spiro atoms. The van der Waals surface area contributed by atoms with E-state index in [1.54, 1.807) is 0 Å². The average molecular weight is 295 g/mol. The molecule has 1 aliphatic rings. The van der Waals surface area contributed by atoms with Crippen LogP contribution >= 0.6 is 11.3 Å². The maximum absolute atomic E-state index is 4.85. The first-order chi connectivity index (χ1) is 9.21. The summed E-state index contributed by atoms with van der Waals surface area (Å²) in [5, 5.41) is 7.13. The van der Waals surface area contributed by atoms with Crippen LogP contribution in [-0.4, -0.2) is 34.6 Å². The lowest BCUT2D eigenvalue weighted by atomic mass is 9.93. The molecule has 0 aromatic carbocycles. The van der Waals surface area contributed by atoms with E-state index in [1.165, 1.54) is 17.1 Å². The SMILES string of the molecule is CCC1CNC(C)(C)CN1Cc1nc(C(C)(C)C)cs1. The Balaban J connectivity index is 2.08. The minimum Gasteiger partial charge on any atom is -0.309 e. The predicted octanol–water partition coefficient (Wildman–Crippen LogP) is 3.40. The van der Waals surface area contributed by atoms with Gasteiger partial charge in [0.2, 0.25) is 0 Å². The van der Waals surface area contributed by atoms with Gasteiger partial charge in [-0.1, -0.05) is 27.7 Å². The molecule has 1 N–H and O–H groups in total. The number of nitrogens with one attached hydrogen (secondary N) is 1. The van der Waals surface area contributed by atoms with Crippen LogP contribution in [0.4, 0.5) is 0 Å². The first-order valence-corrected chi connectivity index (χ1v) is 8.53.